The van der Waals surface area contributed by atoms with Crippen LogP contribution in [0.15, 0.2) is 51.8 Å². The van der Waals surface area contributed by atoms with Crippen molar-refractivity contribution in [2.24, 2.45) is 0 Å². The molecule has 5 nitrogen and oxygen atoms in total. The number of fused-ring (bicyclic) bond motifs is 1. The maximum Gasteiger partial charge on any atom is 0.261 e. The second-order valence-electron chi connectivity index (χ2n) is 5.67. The van der Waals surface area contributed by atoms with Crippen molar-refractivity contribution in [1.82, 2.24) is 0 Å². The summed E-state index contributed by atoms with van der Waals surface area (Å²) in [7, 11) is -3.70. The quantitative estimate of drug-likeness (QED) is 0.725. The maximum atomic E-state index is 12.5. The Labute approximate surface area is 140 Å². The van der Waals surface area contributed by atoms with Crippen LogP contribution in [0.25, 0.3) is 11.0 Å². The Morgan fingerprint density at radius 3 is 2.38 bits per heavy atom. The first kappa shape index (κ1) is 16.3. The number of sulfonamides is 1. The van der Waals surface area contributed by atoms with Crippen LogP contribution < -0.4 is 4.72 Å². The smallest absolute Gasteiger partial charge is 0.261 e. The topological polar surface area (TPSA) is 76.4 Å². The molecule has 1 N–H and O–H groups in total. The van der Waals surface area contributed by atoms with Crippen LogP contribution in [0.3, 0.4) is 0 Å². The Morgan fingerprint density at radius 1 is 1.08 bits per heavy atom. The number of rotatable bonds is 4. The Kier molecular flexibility index (Phi) is 3.93. The van der Waals surface area contributed by atoms with Gasteiger partial charge in [0.2, 0.25) is 0 Å². The molecule has 0 unspecified atom stereocenters. The van der Waals surface area contributed by atoms with Gasteiger partial charge >= 0.3 is 0 Å². The van der Waals surface area contributed by atoms with E-state index in [1.165, 1.54) is 19.1 Å². The van der Waals surface area contributed by atoms with E-state index >= 15 is 0 Å². The van der Waals surface area contributed by atoms with E-state index in [0.717, 1.165) is 0 Å². The van der Waals surface area contributed by atoms with Gasteiger partial charge in [-0.2, -0.15) is 0 Å². The minimum absolute atomic E-state index is 0.119. The number of carbonyl (C=O) groups is 1. The number of hydrogen-bond acceptors (Lipinski definition) is 4. The molecule has 3 aromatic rings. The first-order chi connectivity index (χ1) is 11.3. The molecule has 0 saturated carbocycles. The van der Waals surface area contributed by atoms with Gasteiger partial charge in [-0.25, -0.2) is 8.42 Å². The highest BCUT2D eigenvalue weighted by Crippen LogP contribution is 2.31. The first-order valence-electron chi connectivity index (χ1n) is 7.42. The van der Waals surface area contributed by atoms with Crippen LogP contribution in [-0.4, -0.2) is 14.2 Å². The van der Waals surface area contributed by atoms with Crippen LogP contribution in [0.2, 0.25) is 0 Å². The molecule has 2 aromatic carbocycles. The summed E-state index contributed by atoms with van der Waals surface area (Å²) >= 11 is 0. The second-order valence-corrected chi connectivity index (χ2v) is 7.35. The molecule has 0 amide bonds. The van der Waals surface area contributed by atoms with Crippen LogP contribution >= 0.6 is 0 Å². The van der Waals surface area contributed by atoms with E-state index in [9.17, 15) is 13.2 Å². The first-order valence-corrected chi connectivity index (χ1v) is 8.90. The van der Waals surface area contributed by atoms with Crippen molar-refractivity contribution in [2.45, 2.75) is 25.7 Å². The molecule has 0 bridgehead atoms. The minimum atomic E-state index is -3.70. The fourth-order valence-electron chi connectivity index (χ4n) is 2.72. The fourth-order valence-corrected chi connectivity index (χ4v) is 3.86. The van der Waals surface area contributed by atoms with Crippen LogP contribution in [-0.2, 0) is 10.0 Å². The molecular weight excluding hydrogens is 326 g/mol. The lowest BCUT2D eigenvalue weighted by atomic mass is 10.1. The summed E-state index contributed by atoms with van der Waals surface area (Å²) in [5.41, 5.74) is 2.18. The predicted molar refractivity (Wildman–Crippen MR) is 92.9 cm³/mol. The molecule has 124 valence electrons. The van der Waals surface area contributed by atoms with Crippen molar-refractivity contribution in [3.05, 3.63) is 59.4 Å². The maximum absolute atomic E-state index is 12.5. The molecule has 0 atom stereocenters. The Hall–Kier alpha value is -2.60. The lowest BCUT2D eigenvalue weighted by molar-refractivity contribution is 0.101. The van der Waals surface area contributed by atoms with E-state index in [-0.39, 0.29) is 10.7 Å². The normalized spacial score (nSPS) is 11.6. The van der Waals surface area contributed by atoms with Gasteiger partial charge in [0.25, 0.3) is 10.0 Å². The van der Waals surface area contributed by atoms with Gasteiger partial charge in [-0.1, -0.05) is 18.2 Å². The van der Waals surface area contributed by atoms with Crippen molar-refractivity contribution in [2.75, 3.05) is 4.72 Å². The summed E-state index contributed by atoms with van der Waals surface area (Å²) in [6.07, 6.45) is 0. The van der Waals surface area contributed by atoms with Crippen LogP contribution in [0.5, 0.6) is 0 Å². The lowest BCUT2D eigenvalue weighted by Gasteiger charge is -2.11. The number of ketones is 1. The molecule has 1 heterocycles. The highest BCUT2D eigenvalue weighted by Gasteiger charge is 2.19. The van der Waals surface area contributed by atoms with Crippen LogP contribution in [0.1, 0.15) is 28.6 Å². The predicted octanol–water partition coefficient (Wildman–Crippen LogP) is 4.05. The third-order valence-electron chi connectivity index (χ3n) is 3.86. The number of aryl methyl sites for hydroxylation is 2. The second kappa shape index (κ2) is 5.79. The average molecular weight is 343 g/mol. The molecule has 0 aliphatic heterocycles. The number of benzene rings is 2. The molecule has 0 radical (unpaired) electrons. The molecule has 6 heteroatoms. The van der Waals surface area contributed by atoms with Crippen molar-refractivity contribution < 1.29 is 17.6 Å². The van der Waals surface area contributed by atoms with Gasteiger partial charge in [-0.15, -0.1) is 0 Å². The third-order valence-corrected chi connectivity index (χ3v) is 5.24. The van der Waals surface area contributed by atoms with Gasteiger partial charge in [0.05, 0.1) is 16.1 Å². The highest BCUT2D eigenvalue weighted by atomic mass is 32.2. The molecule has 0 saturated heterocycles. The van der Waals surface area contributed by atoms with Crippen LogP contribution in [0.4, 0.5) is 5.69 Å². The summed E-state index contributed by atoms with van der Waals surface area (Å²) in [6, 6.07) is 11.5. The molecule has 0 fully saturated rings. The number of hydrogen-bond donors (Lipinski definition) is 1. The number of furan rings is 1. The van der Waals surface area contributed by atoms with E-state index in [2.05, 4.69) is 4.72 Å². The summed E-state index contributed by atoms with van der Waals surface area (Å²) in [5.74, 6) is 0.409. The number of carbonyl (C=O) groups excluding carboxylic acids is 1. The zero-order chi connectivity index (χ0) is 17.5. The van der Waals surface area contributed by atoms with Gasteiger partial charge < -0.3 is 4.42 Å². The number of anilines is 1. The summed E-state index contributed by atoms with van der Waals surface area (Å²) in [6.45, 7) is 4.97. The summed E-state index contributed by atoms with van der Waals surface area (Å²) < 4.78 is 33.2. The average Bonchev–Trinajstić information content (AvgIpc) is 2.83. The molecule has 3 rings (SSSR count). The van der Waals surface area contributed by atoms with Crippen molar-refractivity contribution in [1.29, 1.82) is 0 Å². The molecule has 1 aromatic heterocycles. The zero-order valence-electron chi connectivity index (χ0n) is 13.6. The molecule has 0 spiro atoms. The van der Waals surface area contributed by atoms with Gasteiger partial charge in [-0.3, -0.25) is 9.52 Å². The molecule has 24 heavy (non-hydrogen) atoms. The van der Waals surface area contributed by atoms with E-state index in [1.807, 2.05) is 0 Å². The van der Waals surface area contributed by atoms with Crippen molar-refractivity contribution in [3.63, 3.8) is 0 Å². The molecule has 0 aliphatic rings. The lowest BCUT2D eigenvalue weighted by Crippen LogP contribution is -2.13. The van der Waals surface area contributed by atoms with Crippen LogP contribution in [0, 0.1) is 13.8 Å². The third kappa shape index (κ3) is 2.80. The summed E-state index contributed by atoms with van der Waals surface area (Å²) in [5, 5.41) is 0.608. The fraction of sp³-hybridized carbons (Fsp3) is 0.167. The van der Waals surface area contributed by atoms with E-state index < -0.39 is 10.0 Å². The molecule has 0 aliphatic carbocycles. The van der Waals surface area contributed by atoms with E-state index in [4.69, 9.17) is 4.42 Å². The summed E-state index contributed by atoms with van der Waals surface area (Å²) in [4.78, 5) is 12.0. The van der Waals surface area contributed by atoms with Gasteiger partial charge in [0, 0.05) is 5.39 Å². The van der Waals surface area contributed by atoms with Crippen molar-refractivity contribution >= 4 is 32.5 Å². The zero-order valence-corrected chi connectivity index (χ0v) is 14.4. The standard InChI is InChI=1S/C18H17NO4S/c1-11-9-17-15(18(12(2)20)13(3)23-17)10-16(11)19-24(21,22)14-7-5-4-6-8-14/h4-10,19H,1-3H3. The Bertz CT molecular complexity index is 1030. The highest BCUT2D eigenvalue weighted by molar-refractivity contribution is 7.92. The van der Waals surface area contributed by atoms with Gasteiger partial charge in [-0.05, 0) is 50.6 Å². The number of Topliss-reactive ketones (excluding diaryl/α,β-unsaturated/α-hetero) is 1. The number of nitrogens with one attached hydrogen (secondary N) is 1. The Morgan fingerprint density at radius 2 is 1.75 bits per heavy atom. The molecular formula is C18H17NO4S. The van der Waals surface area contributed by atoms with Gasteiger partial charge in [0.1, 0.15) is 11.3 Å². The van der Waals surface area contributed by atoms with Gasteiger partial charge in [0.15, 0.2) is 5.78 Å². The van der Waals surface area contributed by atoms with E-state index in [0.29, 0.717) is 33.5 Å². The van der Waals surface area contributed by atoms with Crippen molar-refractivity contribution in [3.8, 4) is 0 Å². The van der Waals surface area contributed by atoms with E-state index in [1.54, 1.807) is 44.2 Å². The Balaban J connectivity index is 2.12. The largest absolute Gasteiger partial charge is 0.461 e. The minimum Gasteiger partial charge on any atom is -0.461 e. The monoisotopic (exact) mass is 343 g/mol. The SMILES string of the molecule is CC(=O)c1c(C)oc2cc(C)c(NS(=O)(=O)c3ccccc3)cc12.